The van der Waals surface area contributed by atoms with Gasteiger partial charge in [-0.3, -0.25) is 0 Å². The highest BCUT2D eigenvalue weighted by Gasteiger charge is 2.23. The first-order valence-electron chi connectivity index (χ1n) is 12.1. The zero-order valence-corrected chi connectivity index (χ0v) is 24.0. The Bertz CT molecular complexity index is 1550. The summed E-state index contributed by atoms with van der Waals surface area (Å²) >= 11 is 7.87. The first-order valence-corrected chi connectivity index (χ1v) is 14.9. The van der Waals surface area contributed by atoms with Crippen molar-refractivity contribution in [1.82, 2.24) is 20.3 Å². The molecule has 0 atom stereocenters. The van der Waals surface area contributed by atoms with Crippen molar-refractivity contribution >= 4 is 55.9 Å². The van der Waals surface area contributed by atoms with Crippen LogP contribution >= 0.6 is 22.9 Å². The summed E-state index contributed by atoms with van der Waals surface area (Å²) in [5.74, 6) is 1.05. The van der Waals surface area contributed by atoms with Crippen LogP contribution in [0, 0.1) is 0 Å². The van der Waals surface area contributed by atoms with Crippen molar-refractivity contribution in [3.05, 3.63) is 64.8 Å². The number of ether oxygens (including phenoxy) is 1. The second kappa shape index (κ2) is 12.7. The van der Waals surface area contributed by atoms with E-state index in [1.54, 1.807) is 45.2 Å². The van der Waals surface area contributed by atoms with Crippen molar-refractivity contribution < 1.29 is 18.3 Å². The first-order chi connectivity index (χ1) is 18.7. The molecule has 39 heavy (non-hydrogen) atoms. The summed E-state index contributed by atoms with van der Waals surface area (Å²) in [6, 6.07) is 12.2. The van der Waals surface area contributed by atoms with E-state index < -0.39 is 15.1 Å². The number of nitrogens with zero attached hydrogens (tertiary/aromatic N) is 3. The van der Waals surface area contributed by atoms with E-state index in [9.17, 15) is 8.42 Å². The predicted molar refractivity (Wildman–Crippen MR) is 155 cm³/mol. The molecule has 0 aliphatic carbocycles. The van der Waals surface area contributed by atoms with Crippen molar-refractivity contribution in [2.45, 2.75) is 30.5 Å². The number of thiazole rings is 1. The Labute approximate surface area is 236 Å². The van der Waals surface area contributed by atoms with Crippen molar-refractivity contribution in [2.24, 2.45) is 0 Å². The summed E-state index contributed by atoms with van der Waals surface area (Å²) in [6.45, 7) is 4.42. The van der Waals surface area contributed by atoms with Crippen molar-refractivity contribution in [3.63, 3.8) is 0 Å². The van der Waals surface area contributed by atoms with Crippen LogP contribution in [-0.4, -0.2) is 54.0 Å². The van der Waals surface area contributed by atoms with Crippen LogP contribution in [0.2, 0.25) is 5.02 Å². The van der Waals surface area contributed by atoms with E-state index in [2.05, 4.69) is 30.9 Å². The van der Waals surface area contributed by atoms with E-state index >= 15 is 0 Å². The van der Waals surface area contributed by atoms with Crippen molar-refractivity contribution in [3.8, 4) is 16.3 Å². The van der Waals surface area contributed by atoms with Gasteiger partial charge in [-0.15, -0.1) is 11.3 Å². The van der Waals surface area contributed by atoms with Crippen LogP contribution < -0.4 is 20.7 Å². The minimum atomic E-state index is -3.54. The number of methoxy groups -OCH3 is 1. The fourth-order valence-corrected chi connectivity index (χ4v) is 5.74. The lowest BCUT2D eigenvalue weighted by atomic mass is 10.2. The molecule has 0 amide bonds. The number of nitrogens with one attached hydrogen (secondary N) is 3. The Morgan fingerprint density at radius 2 is 1.90 bits per heavy atom. The molecular formula is C26H29ClN6O4S2. The maximum absolute atomic E-state index is 12.8. The third-order valence-electron chi connectivity index (χ3n) is 5.65. The summed E-state index contributed by atoms with van der Waals surface area (Å²) in [6.07, 6.45) is 1.43. The molecule has 0 spiro atoms. The molecule has 2 aromatic carbocycles. The second-order valence-electron chi connectivity index (χ2n) is 8.69. The quantitative estimate of drug-likeness (QED) is 0.167. The molecule has 206 valence electrons. The van der Waals surface area contributed by atoms with Gasteiger partial charge >= 0.3 is 0 Å². The normalized spacial score (nSPS) is 11.5. The van der Waals surface area contributed by atoms with Crippen molar-refractivity contribution in [2.75, 3.05) is 30.9 Å². The number of para-hydroxylation sites is 1. The number of aromatic nitrogens is 3. The smallest absolute Gasteiger partial charge is 0.229 e. The van der Waals surface area contributed by atoms with Gasteiger partial charge in [0, 0.05) is 24.0 Å². The van der Waals surface area contributed by atoms with E-state index in [0.717, 1.165) is 16.3 Å². The Balaban J connectivity index is 1.56. The molecule has 4 rings (SSSR count). The Kier molecular flexibility index (Phi) is 9.36. The van der Waals surface area contributed by atoms with Crippen LogP contribution in [-0.2, 0) is 16.4 Å². The Morgan fingerprint density at radius 1 is 1.10 bits per heavy atom. The highest BCUT2D eigenvalue weighted by molar-refractivity contribution is 7.92. The fourth-order valence-electron chi connectivity index (χ4n) is 3.58. The average molecular weight is 589 g/mol. The molecule has 13 heteroatoms. The Hall–Kier alpha value is -3.29. The SMILES string of the molecule is COc1cc(-c2nc(CNCCO)cs2)ccc1Nc1ncc(Cl)c(Nc2ccccc2S(=O)(=O)C(C)C)n1. The number of anilines is 4. The van der Waals surface area contributed by atoms with Crippen LogP contribution in [0.4, 0.5) is 23.1 Å². The van der Waals surface area contributed by atoms with E-state index in [1.807, 2.05) is 23.6 Å². The zero-order chi connectivity index (χ0) is 28.0. The standard InChI is InChI=1S/C26H29ClN6O4S2/c1-16(2)39(35,36)23-7-5-4-6-21(23)31-24-19(27)14-29-26(33-24)32-20-9-8-17(12-22(20)37-3)25-30-18(15-38-25)13-28-10-11-34/h4-9,12,14-16,28,34H,10-11,13H2,1-3H3,(H2,29,31,32,33). The Morgan fingerprint density at radius 3 is 2.64 bits per heavy atom. The molecule has 0 bridgehead atoms. The molecule has 0 saturated heterocycles. The van der Waals surface area contributed by atoms with E-state index in [4.69, 9.17) is 21.4 Å². The largest absolute Gasteiger partial charge is 0.495 e. The van der Waals surface area contributed by atoms with Gasteiger partial charge in [0.2, 0.25) is 5.95 Å². The van der Waals surface area contributed by atoms with E-state index in [0.29, 0.717) is 30.2 Å². The number of halogens is 1. The lowest BCUT2D eigenvalue weighted by Gasteiger charge is -2.16. The van der Waals surface area contributed by atoms with Gasteiger partial charge in [-0.25, -0.2) is 18.4 Å². The fraction of sp³-hybridized carbons (Fsp3) is 0.269. The highest BCUT2D eigenvalue weighted by atomic mass is 35.5. The molecule has 0 aliphatic heterocycles. The lowest BCUT2D eigenvalue weighted by molar-refractivity contribution is 0.291. The number of sulfone groups is 1. The summed E-state index contributed by atoms with van der Waals surface area (Å²) < 4.78 is 31.3. The van der Waals surface area contributed by atoms with Gasteiger partial charge in [-0.05, 0) is 44.2 Å². The molecule has 10 nitrogen and oxygen atoms in total. The third kappa shape index (κ3) is 6.84. The molecule has 0 aliphatic rings. The van der Waals surface area contributed by atoms with Crippen LogP contribution in [0.25, 0.3) is 10.6 Å². The van der Waals surface area contributed by atoms with Gasteiger partial charge in [0.1, 0.15) is 15.8 Å². The number of hydrogen-bond acceptors (Lipinski definition) is 11. The summed E-state index contributed by atoms with van der Waals surface area (Å²) in [4.78, 5) is 13.6. The number of aliphatic hydroxyl groups is 1. The van der Waals surface area contributed by atoms with Gasteiger partial charge in [0.15, 0.2) is 15.7 Å². The lowest BCUT2D eigenvalue weighted by Crippen LogP contribution is -2.17. The molecule has 0 unspecified atom stereocenters. The summed E-state index contributed by atoms with van der Waals surface area (Å²) in [5, 5.41) is 20.7. The third-order valence-corrected chi connectivity index (χ3v) is 9.08. The minimum Gasteiger partial charge on any atom is -0.495 e. The molecular weight excluding hydrogens is 560 g/mol. The molecule has 0 saturated carbocycles. The molecule has 2 heterocycles. The maximum atomic E-state index is 12.8. The minimum absolute atomic E-state index is 0.0743. The summed E-state index contributed by atoms with van der Waals surface area (Å²) in [5.41, 5.74) is 2.77. The maximum Gasteiger partial charge on any atom is 0.229 e. The average Bonchev–Trinajstić information content (AvgIpc) is 3.40. The van der Waals surface area contributed by atoms with E-state index in [1.165, 1.54) is 17.5 Å². The van der Waals surface area contributed by atoms with Gasteiger partial charge in [0.25, 0.3) is 0 Å². The molecule has 0 fully saturated rings. The molecule has 4 N–H and O–H groups in total. The predicted octanol–water partition coefficient (Wildman–Crippen LogP) is 5.01. The first kappa shape index (κ1) is 28.7. The number of aliphatic hydroxyl groups excluding tert-OH is 1. The highest BCUT2D eigenvalue weighted by Crippen LogP contribution is 2.35. The number of rotatable bonds is 12. The molecule has 0 radical (unpaired) electrons. The van der Waals surface area contributed by atoms with Gasteiger partial charge in [0.05, 0.1) is 47.1 Å². The molecule has 2 aromatic heterocycles. The number of benzene rings is 2. The van der Waals surface area contributed by atoms with Gasteiger partial charge < -0.3 is 25.8 Å². The van der Waals surface area contributed by atoms with Crippen LogP contribution in [0.1, 0.15) is 19.5 Å². The summed E-state index contributed by atoms with van der Waals surface area (Å²) in [7, 11) is -1.97. The second-order valence-corrected chi connectivity index (χ2v) is 12.4. The zero-order valence-electron chi connectivity index (χ0n) is 21.6. The van der Waals surface area contributed by atoms with Crippen LogP contribution in [0.5, 0.6) is 5.75 Å². The van der Waals surface area contributed by atoms with Crippen molar-refractivity contribution in [1.29, 1.82) is 0 Å². The van der Waals surface area contributed by atoms with Gasteiger partial charge in [-0.2, -0.15) is 4.98 Å². The number of hydrogen-bond donors (Lipinski definition) is 4. The monoisotopic (exact) mass is 588 g/mol. The molecule has 4 aromatic rings. The topological polar surface area (TPSA) is 138 Å². The van der Waals surface area contributed by atoms with Crippen LogP contribution in [0.3, 0.4) is 0 Å². The van der Waals surface area contributed by atoms with E-state index in [-0.39, 0.29) is 28.3 Å². The van der Waals surface area contributed by atoms with Crippen LogP contribution in [0.15, 0.2) is 58.9 Å². The van der Waals surface area contributed by atoms with Gasteiger partial charge in [-0.1, -0.05) is 23.7 Å².